The van der Waals surface area contributed by atoms with Crippen molar-refractivity contribution in [2.75, 3.05) is 4.90 Å². The first-order chi connectivity index (χ1) is 11.2. The van der Waals surface area contributed by atoms with E-state index >= 15 is 0 Å². The standard InChI is InChI=1S/C21H21NO/c1-16-7-3-5-9-20(16)22(21-10-6-4-8-17(21)2)19-13-11-18(15-23)12-14-19/h3-14,23H,15H2,1-2H3. The van der Waals surface area contributed by atoms with Crippen LogP contribution in [0.3, 0.4) is 0 Å². The molecule has 0 saturated carbocycles. The van der Waals surface area contributed by atoms with Gasteiger partial charge in [0.25, 0.3) is 0 Å². The molecule has 1 N–H and O–H groups in total. The van der Waals surface area contributed by atoms with E-state index in [1.54, 1.807) is 0 Å². The first-order valence-corrected chi connectivity index (χ1v) is 7.82. The Morgan fingerprint density at radius 1 is 0.696 bits per heavy atom. The number of aliphatic hydroxyl groups is 1. The van der Waals surface area contributed by atoms with Crippen molar-refractivity contribution < 1.29 is 5.11 Å². The lowest BCUT2D eigenvalue weighted by Gasteiger charge is -2.28. The fourth-order valence-corrected chi connectivity index (χ4v) is 2.79. The smallest absolute Gasteiger partial charge is 0.0681 e. The van der Waals surface area contributed by atoms with Crippen LogP contribution in [0, 0.1) is 13.8 Å². The molecule has 116 valence electrons. The topological polar surface area (TPSA) is 23.5 Å². The van der Waals surface area contributed by atoms with E-state index in [0.29, 0.717) is 0 Å². The zero-order valence-electron chi connectivity index (χ0n) is 13.5. The maximum absolute atomic E-state index is 9.28. The quantitative estimate of drug-likeness (QED) is 0.710. The SMILES string of the molecule is Cc1ccccc1N(c1ccc(CO)cc1)c1ccccc1C. The molecule has 0 radical (unpaired) electrons. The molecule has 0 aromatic heterocycles. The van der Waals surface area contributed by atoms with E-state index in [0.717, 1.165) is 11.3 Å². The van der Waals surface area contributed by atoms with E-state index in [-0.39, 0.29) is 6.61 Å². The summed E-state index contributed by atoms with van der Waals surface area (Å²) >= 11 is 0. The highest BCUT2D eigenvalue weighted by molar-refractivity contribution is 5.79. The Morgan fingerprint density at radius 2 is 1.17 bits per heavy atom. The van der Waals surface area contributed by atoms with Gasteiger partial charge in [-0.15, -0.1) is 0 Å². The van der Waals surface area contributed by atoms with Crippen molar-refractivity contribution in [2.24, 2.45) is 0 Å². The number of para-hydroxylation sites is 2. The van der Waals surface area contributed by atoms with Crippen LogP contribution in [0.25, 0.3) is 0 Å². The number of benzene rings is 3. The fourth-order valence-electron chi connectivity index (χ4n) is 2.79. The Balaban J connectivity index is 2.17. The van der Waals surface area contributed by atoms with Crippen molar-refractivity contribution >= 4 is 17.1 Å². The van der Waals surface area contributed by atoms with Crippen molar-refractivity contribution in [3.05, 3.63) is 89.5 Å². The van der Waals surface area contributed by atoms with Crippen LogP contribution in [-0.2, 0) is 6.61 Å². The third kappa shape index (κ3) is 3.13. The third-order valence-electron chi connectivity index (χ3n) is 4.09. The minimum Gasteiger partial charge on any atom is -0.392 e. The minimum absolute atomic E-state index is 0.0645. The van der Waals surface area contributed by atoms with Crippen LogP contribution in [0.2, 0.25) is 0 Å². The summed E-state index contributed by atoms with van der Waals surface area (Å²) in [5.74, 6) is 0. The fraction of sp³-hybridized carbons (Fsp3) is 0.143. The highest BCUT2D eigenvalue weighted by Crippen LogP contribution is 2.37. The average Bonchev–Trinajstić information content (AvgIpc) is 2.59. The molecule has 0 aliphatic heterocycles. The summed E-state index contributed by atoms with van der Waals surface area (Å²) in [6.45, 7) is 4.32. The summed E-state index contributed by atoms with van der Waals surface area (Å²) in [5, 5.41) is 9.28. The number of anilines is 3. The van der Waals surface area contributed by atoms with E-state index in [1.165, 1.54) is 22.5 Å². The van der Waals surface area contributed by atoms with Crippen molar-refractivity contribution in [1.29, 1.82) is 0 Å². The molecule has 0 bridgehead atoms. The predicted molar refractivity (Wildman–Crippen MR) is 96.5 cm³/mol. The van der Waals surface area contributed by atoms with Gasteiger partial charge in [0, 0.05) is 17.1 Å². The van der Waals surface area contributed by atoms with E-state index in [1.807, 2.05) is 12.1 Å². The van der Waals surface area contributed by atoms with Crippen LogP contribution in [0.4, 0.5) is 17.1 Å². The van der Waals surface area contributed by atoms with Gasteiger partial charge in [0.2, 0.25) is 0 Å². The highest BCUT2D eigenvalue weighted by Gasteiger charge is 2.15. The van der Waals surface area contributed by atoms with Gasteiger partial charge in [0.05, 0.1) is 6.61 Å². The van der Waals surface area contributed by atoms with E-state index < -0.39 is 0 Å². The summed E-state index contributed by atoms with van der Waals surface area (Å²) in [6.07, 6.45) is 0. The lowest BCUT2D eigenvalue weighted by Crippen LogP contribution is -2.12. The normalized spacial score (nSPS) is 10.6. The van der Waals surface area contributed by atoms with E-state index in [4.69, 9.17) is 0 Å². The minimum atomic E-state index is 0.0645. The second kappa shape index (κ2) is 6.67. The zero-order valence-corrected chi connectivity index (χ0v) is 13.5. The van der Waals surface area contributed by atoms with Gasteiger partial charge in [-0.2, -0.15) is 0 Å². The Bertz CT molecular complexity index is 747. The van der Waals surface area contributed by atoms with Crippen LogP contribution in [-0.4, -0.2) is 5.11 Å². The van der Waals surface area contributed by atoms with Gasteiger partial charge in [-0.05, 0) is 54.8 Å². The number of aliphatic hydroxyl groups excluding tert-OH is 1. The molecule has 3 aromatic rings. The molecule has 0 spiro atoms. The van der Waals surface area contributed by atoms with E-state index in [2.05, 4.69) is 79.4 Å². The molecule has 0 unspecified atom stereocenters. The molecule has 0 aliphatic carbocycles. The zero-order chi connectivity index (χ0) is 16.2. The average molecular weight is 303 g/mol. The van der Waals surface area contributed by atoms with Crippen molar-refractivity contribution in [1.82, 2.24) is 0 Å². The number of nitrogens with zero attached hydrogens (tertiary/aromatic N) is 1. The second-order valence-corrected chi connectivity index (χ2v) is 5.73. The monoisotopic (exact) mass is 303 g/mol. The highest BCUT2D eigenvalue weighted by atomic mass is 16.3. The lowest BCUT2D eigenvalue weighted by atomic mass is 10.1. The first kappa shape index (κ1) is 15.3. The van der Waals surface area contributed by atoms with Crippen LogP contribution in [0.15, 0.2) is 72.8 Å². The molecule has 2 nitrogen and oxygen atoms in total. The van der Waals surface area contributed by atoms with E-state index in [9.17, 15) is 5.11 Å². The molecule has 23 heavy (non-hydrogen) atoms. The number of hydrogen-bond acceptors (Lipinski definition) is 2. The summed E-state index contributed by atoms with van der Waals surface area (Å²) in [7, 11) is 0. The summed E-state index contributed by atoms with van der Waals surface area (Å²) in [6, 6.07) is 24.8. The maximum Gasteiger partial charge on any atom is 0.0681 e. The van der Waals surface area contributed by atoms with Gasteiger partial charge in [-0.3, -0.25) is 0 Å². The van der Waals surface area contributed by atoms with Crippen LogP contribution in [0.1, 0.15) is 16.7 Å². The lowest BCUT2D eigenvalue weighted by molar-refractivity contribution is 0.282. The summed E-state index contributed by atoms with van der Waals surface area (Å²) in [5.41, 5.74) is 6.79. The molecule has 0 fully saturated rings. The molecule has 0 heterocycles. The van der Waals surface area contributed by atoms with Crippen molar-refractivity contribution in [3.63, 3.8) is 0 Å². The van der Waals surface area contributed by atoms with Crippen LogP contribution < -0.4 is 4.90 Å². The van der Waals surface area contributed by atoms with Gasteiger partial charge in [0.1, 0.15) is 0 Å². The Labute approximate surface area is 137 Å². The van der Waals surface area contributed by atoms with Gasteiger partial charge in [-0.1, -0.05) is 48.5 Å². The van der Waals surface area contributed by atoms with Gasteiger partial charge in [0.15, 0.2) is 0 Å². The van der Waals surface area contributed by atoms with Gasteiger partial charge < -0.3 is 10.0 Å². The number of hydrogen-bond donors (Lipinski definition) is 1. The number of aryl methyl sites for hydroxylation is 2. The Morgan fingerprint density at radius 3 is 1.61 bits per heavy atom. The van der Waals surface area contributed by atoms with Gasteiger partial charge in [-0.25, -0.2) is 0 Å². The van der Waals surface area contributed by atoms with Crippen LogP contribution in [0.5, 0.6) is 0 Å². The van der Waals surface area contributed by atoms with Crippen LogP contribution >= 0.6 is 0 Å². The van der Waals surface area contributed by atoms with Crippen molar-refractivity contribution in [2.45, 2.75) is 20.5 Å². The summed E-state index contributed by atoms with van der Waals surface area (Å²) in [4.78, 5) is 2.27. The second-order valence-electron chi connectivity index (χ2n) is 5.73. The Kier molecular flexibility index (Phi) is 4.45. The molecule has 0 atom stereocenters. The number of rotatable bonds is 4. The molecule has 2 heteroatoms. The third-order valence-corrected chi connectivity index (χ3v) is 4.09. The summed E-state index contributed by atoms with van der Waals surface area (Å²) < 4.78 is 0. The first-order valence-electron chi connectivity index (χ1n) is 7.82. The molecule has 0 saturated heterocycles. The van der Waals surface area contributed by atoms with Crippen molar-refractivity contribution in [3.8, 4) is 0 Å². The predicted octanol–water partition coefficient (Wildman–Crippen LogP) is 5.27. The molecule has 3 aromatic carbocycles. The maximum atomic E-state index is 9.28. The molecule has 0 amide bonds. The molecule has 3 rings (SSSR count). The molecular formula is C21H21NO. The van der Waals surface area contributed by atoms with Gasteiger partial charge >= 0.3 is 0 Å². The molecular weight excluding hydrogens is 282 g/mol. The Hall–Kier alpha value is -2.58. The largest absolute Gasteiger partial charge is 0.392 e. The molecule has 0 aliphatic rings.